The number of nitrogens with two attached hydrogens (primary N) is 1. The third-order valence-corrected chi connectivity index (χ3v) is 2.25. The summed E-state index contributed by atoms with van der Waals surface area (Å²) in [7, 11) is 0. The SMILES string of the molecule is CC(C)c1c(N)cnc2cc(Cl)nn12. The Balaban J connectivity index is 2.82. The Hall–Kier alpha value is -1.29. The van der Waals surface area contributed by atoms with Gasteiger partial charge in [0.05, 0.1) is 17.6 Å². The van der Waals surface area contributed by atoms with Gasteiger partial charge in [0.15, 0.2) is 10.8 Å². The number of nitrogens with zero attached hydrogens (tertiary/aromatic N) is 3. The second-order valence-corrected chi connectivity index (χ2v) is 3.88. The Bertz CT molecular complexity index is 475. The quantitative estimate of drug-likeness (QED) is 0.784. The van der Waals surface area contributed by atoms with Gasteiger partial charge in [0.25, 0.3) is 0 Å². The molecule has 0 aliphatic rings. The van der Waals surface area contributed by atoms with Gasteiger partial charge < -0.3 is 5.73 Å². The molecule has 0 saturated carbocycles. The molecule has 14 heavy (non-hydrogen) atoms. The highest BCUT2D eigenvalue weighted by Crippen LogP contribution is 2.22. The Kier molecular flexibility index (Phi) is 2.07. The molecule has 0 spiro atoms. The third-order valence-electron chi connectivity index (χ3n) is 2.07. The van der Waals surface area contributed by atoms with Crippen LogP contribution in [0, 0.1) is 0 Å². The minimum Gasteiger partial charge on any atom is -0.396 e. The van der Waals surface area contributed by atoms with Gasteiger partial charge in [-0.3, -0.25) is 0 Å². The molecule has 4 nitrogen and oxygen atoms in total. The van der Waals surface area contributed by atoms with Crippen molar-refractivity contribution in [1.29, 1.82) is 0 Å². The molecule has 0 amide bonds. The van der Waals surface area contributed by atoms with Gasteiger partial charge in [0.2, 0.25) is 0 Å². The fourth-order valence-corrected chi connectivity index (χ4v) is 1.69. The second-order valence-electron chi connectivity index (χ2n) is 3.49. The van der Waals surface area contributed by atoms with Crippen LogP contribution in [0.15, 0.2) is 12.3 Å². The lowest BCUT2D eigenvalue weighted by Gasteiger charge is -2.10. The Morgan fingerprint density at radius 2 is 2.21 bits per heavy atom. The van der Waals surface area contributed by atoms with Crippen LogP contribution in [0.2, 0.25) is 5.15 Å². The fourth-order valence-electron chi connectivity index (χ4n) is 1.51. The summed E-state index contributed by atoms with van der Waals surface area (Å²) in [5, 5.41) is 4.57. The molecule has 0 fully saturated rings. The number of rotatable bonds is 1. The lowest BCUT2D eigenvalue weighted by Crippen LogP contribution is -2.06. The average Bonchev–Trinajstić information content (AvgIpc) is 2.43. The molecule has 5 heteroatoms. The number of aromatic nitrogens is 3. The fraction of sp³-hybridized carbons (Fsp3) is 0.333. The molecule has 2 heterocycles. The van der Waals surface area contributed by atoms with Crippen LogP contribution in [0.4, 0.5) is 5.69 Å². The number of halogens is 1. The van der Waals surface area contributed by atoms with E-state index in [9.17, 15) is 0 Å². The lowest BCUT2D eigenvalue weighted by molar-refractivity contribution is 0.754. The molecule has 2 aromatic heterocycles. The van der Waals surface area contributed by atoms with Gasteiger partial charge in [0, 0.05) is 6.07 Å². The van der Waals surface area contributed by atoms with Gasteiger partial charge in [-0.1, -0.05) is 25.4 Å². The Morgan fingerprint density at radius 1 is 1.50 bits per heavy atom. The number of hydrogen-bond donors (Lipinski definition) is 1. The predicted molar refractivity (Wildman–Crippen MR) is 56.5 cm³/mol. The van der Waals surface area contributed by atoms with E-state index in [2.05, 4.69) is 23.9 Å². The zero-order valence-corrected chi connectivity index (χ0v) is 8.78. The Morgan fingerprint density at radius 3 is 2.86 bits per heavy atom. The van der Waals surface area contributed by atoms with E-state index in [0.717, 1.165) is 11.3 Å². The predicted octanol–water partition coefficient (Wildman–Crippen LogP) is 2.09. The van der Waals surface area contributed by atoms with Crippen LogP contribution in [-0.4, -0.2) is 14.6 Å². The first-order valence-electron chi connectivity index (χ1n) is 4.39. The van der Waals surface area contributed by atoms with Crippen LogP contribution in [0.1, 0.15) is 25.5 Å². The first kappa shape index (κ1) is 9.27. The minimum atomic E-state index is 0.288. The maximum absolute atomic E-state index is 5.83. The number of nitrogen functional groups attached to an aromatic ring is 1. The van der Waals surface area contributed by atoms with Crippen LogP contribution >= 0.6 is 11.6 Å². The smallest absolute Gasteiger partial charge is 0.156 e. The first-order chi connectivity index (χ1) is 6.59. The molecule has 2 aromatic rings. The van der Waals surface area contributed by atoms with Crippen LogP contribution in [0.25, 0.3) is 5.65 Å². The number of anilines is 1. The normalized spacial score (nSPS) is 11.4. The summed E-state index contributed by atoms with van der Waals surface area (Å²) >= 11 is 5.80. The van der Waals surface area contributed by atoms with E-state index in [1.54, 1.807) is 16.8 Å². The van der Waals surface area contributed by atoms with Gasteiger partial charge in [-0.25, -0.2) is 9.50 Å². The van der Waals surface area contributed by atoms with Crippen LogP contribution < -0.4 is 5.73 Å². The largest absolute Gasteiger partial charge is 0.396 e. The maximum Gasteiger partial charge on any atom is 0.156 e. The summed E-state index contributed by atoms with van der Waals surface area (Å²) in [6.45, 7) is 4.11. The van der Waals surface area contributed by atoms with Gasteiger partial charge in [0.1, 0.15) is 0 Å². The van der Waals surface area contributed by atoms with Crippen molar-refractivity contribution in [3.05, 3.63) is 23.1 Å². The van der Waals surface area contributed by atoms with E-state index in [1.165, 1.54) is 0 Å². The van der Waals surface area contributed by atoms with E-state index in [-0.39, 0.29) is 5.92 Å². The van der Waals surface area contributed by atoms with Crippen molar-refractivity contribution in [1.82, 2.24) is 14.6 Å². The zero-order chi connectivity index (χ0) is 10.3. The van der Waals surface area contributed by atoms with Gasteiger partial charge in [-0.2, -0.15) is 5.10 Å². The molecule has 0 aliphatic carbocycles. The molecule has 2 N–H and O–H groups in total. The highest BCUT2D eigenvalue weighted by atomic mass is 35.5. The summed E-state index contributed by atoms with van der Waals surface area (Å²) in [6, 6.07) is 1.72. The van der Waals surface area contributed by atoms with E-state index in [1.807, 2.05) is 0 Å². The second kappa shape index (κ2) is 3.13. The standard InChI is InChI=1S/C9H11ClN4/c1-5(2)9-6(11)4-12-8-3-7(10)13-14(8)9/h3-5H,11H2,1-2H3. The van der Waals surface area contributed by atoms with Crippen molar-refractivity contribution in [3.8, 4) is 0 Å². The highest BCUT2D eigenvalue weighted by Gasteiger charge is 2.11. The van der Waals surface area contributed by atoms with E-state index >= 15 is 0 Å². The summed E-state index contributed by atoms with van der Waals surface area (Å²) in [5.74, 6) is 0.288. The number of fused-ring (bicyclic) bond motifs is 1. The topological polar surface area (TPSA) is 56.2 Å². The number of hydrogen-bond acceptors (Lipinski definition) is 3. The molecule has 0 aromatic carbocycles. The van der Waals surface area contributed by atoms with E-state index in [0.29, 0.717) is 10.8 Å². The Labute approximate surface area is 86.7 Å². The average molecular weight is 211 g/mol. The van der Waals surface area contributed by atoms with Crippen molar-refractivity contribution in [2.75, 3.05) is 5.73 Å². The van der Waals surface area contributed by atoms with Crippen LogP contribution in [0.3, 0.4) is 0 Å². The summed E-state index contributed by atoms with van der Waals surface area (Å²) in [4.78, 5) is 4.14. The first-order valence-corrected chi connectivity index (χ1v) is 4.77. The summed E-state index contributed by atoms with van der Waals surface area (Å²) < 4.78 is 1.70. The molecule has 0 aliphatic heterocycles. The molecule has 0 unspecified atom stereocenters. The van der Waals surface area contributed by atoms with Crippen molar-refractivity contribution in [3.63, 3.8) is 0 Å². The molecular formula is C9H11ClN4. The van der Waals surface area contributed by atoms with Crippen molar-refractivity contribution >= 4 is 22.9 Å². The lowest BCUT2D eigenvalue weighted by atomic mass is 10.1. The van der Waals surface area contributed by atoms with Crippen LogP contribution in [-0.2, 0) is 0 Å². The zero-order valence-electron chi connectivity index (χ0n) is 8.03. The summed E-state index contributed by atoms with van der Waals surface area (Å²) in [5.41, 5.74) is 8.15. The molecule has 0 radical (unpaired) electrons. The molecule has 0 saturated heterocycles. The monoisotopic (exact) mass is 210 g/mol. The van der Waals surface area contributed by atoms with Gasteiger partial charge >= 0.3 is 0 Å². The van der Waals surface area contributed by atoms with Crippen molar-refractivity contribution in [2.45, 2.75) is 19.8 Å². The molecular weight excluding hydrogens is 200 g/mol. The van der Waals surface area contributed by atoms with Crippen LogP contribution in [0.5, 0.6) is 0 Å². The molecule has 0 atom stereocenters. The highest BCUT2D eigenvalue weighted by molar-refractivity contribution is 6.29. The van der Waals surface area contributed by atoms with Gasteiger partial charge in [-0.15, -0.1) is 0 Å². The van der Waals surface area contributed by atoms with E-state index < -0.39 is 0 Å². The molecule has 2 rings (SSSR count). The van der Waals surface area contributed by atoms with Crippen molar-refractivity contribution < 1.29 is 0 Å². The minimum absolute atomic E-state index is 0.288. The van der Waals surface area contributed by atoms with Crippen molar-refractivity contribution in [2.24, 2.45) is 0 Å². The summed E-state index contributed by atoms with van der Waals surface area (Å²) in [6.07, 6.45) is 1.64. The molecule has 0 bridgehead atoms. The third kappa shape index (κ3) is 1.32. The maximum atomic E-state index is 5.83. The van der Waals surface area contributed by atoms with E-state index in [4.69, 9.17) is 17.3 Å². The van der Waals surface area contributed by atoms with Gasteiger partial charge in [-0.05, 0) is 5.92 Å². The molecule has 74 valence electrons.